The first-order valence-corrected chi connectivity index (χ1v) is 9.98. The van der Waals surface area contributed by atoms with Crippen LogP contribution in [0.3, 0.4) is 0 Å². The zero-order valence-corrected chi connectivity index (χ0v) is 16.0. The molecule has 1 aromatic carbocycles. The monoisotopic (exact) mass is 377 g/mol. The van der Waals surface area contributed by atoms with Crippen molar-refractivity contribution in [3.63, 3.8) is 0 Å². The number of piperidine rings is 2. The number of benzene rings is 1. The highest BCUT2D eigenvalue weighted by molar-refractivity contribution is 6.31. The van der Waals surface area contributed by atoms with E-state index in [-0.39, 0.29) is 18.2 Å². The Bertz CT molecular complexity index is 770. The number of H-pyrrole nitrogens is 1. The van der Waals surface area contributed by atoms with Crippen LogP contribution in [-0.2, 0) is 6.54 Å². The van der Waals surface area contributed by atoms with Gasteiger partial charge in [-0.3, -0.25) is 9.80 Å². The number of aryl methyl sites for hydroxylation is 1. The molecule has 2 aromatic rings. The van der Waals surface area contributed by atoms with E-state index < -0.39 is 0 Å². The van der Waals surface area contributed by atoms with Crippen LogP contribution in [0.5, 0.6) is 0 Å². The summed E-state index contributed by atoms with van der Waals surface area (Å²) in [7, 11) is 0. The van der Waals surface area contributed by atoms with Gasteiger partial charge in [-0.25, -0.2) is 0 Å². The van der Waals surface area contributed by atoms with E-state index in [0.29, 0.717) is 6.54 Å². The van der Waals surface area contributed by atoms with Gasteiger partial charge in [-0.1, -0.05) is 11.6 Å². The molecule has 2 atom stereocenters. The molecule has 2 saturated heterocycles. The maximum Gasteiger partial charge on any atom is 0.0822 e. The molecule has 4 rings (SSSR count). The minimum Gasteiger partial charge on any atom is -0.393 e. The van der Waals surface area contributed by atoms with Crippen LogP contribution in [0.4, 0.5) is 0 Å². The molecule has 0 saturated carbocycles. The molecule has 2 aliphatic heterocycles. The summed E-state index contributed by atoms with van der Waals surface area (Å²) < 4.78 is 0. The topological polar surface area (TPSA) is 62.7 Å². The van der Waals surface area contributed by atoms with Gasteiger partial charge < -0.3 is 15.2 Å². The summed E-state index contributed by atoms with van der Waals surface area (Å²) in [6.07, 6.45) is 2.12. The third-order valence-corrected chi connectivity index (χ3v) is 6.34. The SMILES string of the molecule is Cc1c(CN2CC[C@@H](N3CCC(O)CC3)[C@H](O)C2)[nH]c2ccc(Cl)cc12. The summed E-state index contributed by atoms with van der Waals surface area (Å²) in [6.45, 7) is 6.42. The number of β-amino-alcohol motifs (C(OH)–C–C–N with tert-alkyl or cyclic N) is 1. The van der Waals surface area contributed by atoms with Crippen LogP contribution in [0.15, 0.2) is 18.2 Å². The highest BCUT2D eigenvalue weighted by Gasteiger charge is 2.34. The molecular weight excluding hydrogens is 350 g/mol. The molecule has 1 aromatic heterocycles. The van der Waals surface area contributed by atoms with Crippen molar-refractivity contribution in [3.8, 4) is 0 Å². The fourth-order valence-corrected chi connectivity index (χ4v) is 4.68. The number of fused-ring (bicyclic) bond motifs is 1. The second-order valence-corrected chi connectivity index (χ2v) is 8.28. The molecule has 26 heavy (non-hydrogen) atoms. The van der Waals surface area contributed by atoms with Crippen molar-refractivity contribution in [2.45, 2.75) is 51.0 Å². The van der Waals surface area contributed by atoms with Crippen LogP contribution in [0.25, 0.3) is 10.9 Å². The first-order chi connectivity index (χ1) is 12.5. The average Bonchev–Trinajstić information content (AvgIpc) is 2.92. The van der Waals surface area contributed by atoms with E-state index in [9.17, 15) is 10.2 Å². The molecule has 0 amide bonds. The predicted molar refractivity (Wildman–Crippen MR) is 105 cm³/mol. The number of nitrogens with one attached hydrogen (secondary N) is 1. The van der Waals surface area contributed by atoms with Crippen LogP contribution in [0.1, 0.15) is 30.5 Å². The smallest absolute Gasteiger partial charge is 0.0822 e. The summed E-state index contributed by atoms with van der Waals surface area (Å²) in [5.74, 6) is 0. The van der Waals surface area contributed by atoms with E-state index in [1.807, 2.05) is 18.2 Å². The lowest BCUT2D eigenvalue weighted by molar-refractivity contribution is -0.0357. The molecule has 2 fully saturated rings. The molecule has 142 valence electrons. The van der Waals surface area contributed by atoms with Crippen molar-refractivity contribution in [2.75, 3.05) is 26.2 Å². The molecule has 3 heterocycles. The van der Waals surface area contributed by atoms with Crippen LogP contribution < -0.4 is 0 Å². The maximum absolute atomic E-state index is 10.7. The molecular formula is C20H28ClN3O2. The maximum atomic E-state index is 10.7. The van der Waals surface area contributed by atoms with Gasteiger partial charge in [-0.15, -0.1) is 0 Å². The average molecular weight is 378 g/mol. The molecule has 0 aliphatic carbocycles. The second-order valence-electron chi connectivity index (χ2n) is 7.84. The van der Waals surface area contributed by atoms with E-state index in [2.05, 4.69) is 21.7 Å². The van der Waals surface area contributed by atoms with Gasteiger partial charge >= 0.3 is 0 Å². The first kappa shape index (κ1) is 18.3. The Morgan fingerprint density at radius 2 is 1.92 bits per heavy atom. The van der Waals surface area contributed by atoms with Gasteiger partial charge in [0.25, 0.3) is 0 Å². The standard InChI is InChI=1S/C20H28ClN3O2/c1-13-16-10-14(21)2-3-17(16)22-18(13)11-23-7-6-19(20(26)12-23)24-8-4-15(25)5-9-24/h2-3,10,15,19-20,22,25-26H,4-9,11-12H2,1H3/t19-,20-/m1/s1. The van der Waals surface area contributed by atoms with Crippen LogP contribution in [0.2, 0.25) is 5.02 Å². The fraction of sp³-hybridized carbons (Fsp3) is 0.600. The third-order valence-electron chi connectivity index (χ3n) is 6.10. The minimum atomic E-state index is -0.335. The zero-order chi connectivity index (χ0) is 18.3. The molecule has 0 spiro atoms. The summed E-state index contributed by atoms with van der Waals surface area (Å²) in [5, 5.41) is 22.3. The van der Waals surface area contributed by atoms with Gasteiger partial charge in [0.2, 0.25) is 0 Å². The molecule has 6 heteroatoms. The van der Waals surface area contributed by atoms with Crippen LogP contribution >= 0.6 is 11.6 Å². The summed E-state index contributed by atoms with van der Waals surface area (Å²) in [6, 6.07) is 6.17. The first-order valence-electron chi connectivity index (χ1n) is 9.60. The Kier molecular flexibility index (Phi) is 5.26. The van der Waals surface area contributed by atoms with Crippen molar-refractivity contribution in [2.24, 2.45) is 0 Å². The Labute approximate surface area is 159 Å². The Balaban J connectivity index is 1.41. The summed E-state index contributed by atoms with van der Waals surface area (Å²) >= 11 is 6.13. The van der Waals surface area contributed by atoms with Crippen molar-refractivity contribution >= 4 is 22.5 Å². The number of likely N-dealkylation sites (tertiary alicyclic amines) is 2. The Hall–Kier alpha value is -1.11. The summed E-state index contributed by atoms with van der Waals surface area (Å²) in [5.41, 5.74) is 3.56. The molecule has 3 N–H and O–H groups in total. The van der Waals surface area contributed by atoms with E-state index in [1.54, 1.807) is 0 Å². The fourth-order valence-electron chi connectivity index (χ4n) is 4.51. The lowest BCUT2D eigenvalue weighted by Crippen LogP contribution is -2.55. The number of aromatic amines is 1. The van der Waals surface area contributed by atoms with E-state index >= 15 is 0 Å². The van der Waals surface area contributed by atoms with E-state index in [1.165, 1.54) is 16.6 Å². The van der Waals surface area contributed by atoms with Gasteiger partial charge in [0.15, 0.2) is 0 Å². The molecule has 5 nitrogen and oxygen atoms in total. The highest BCUT2D eigenvalue weighted by atomic mass is 35.5. The normalized spacial score (nSPS) is 26.6. The van der Waals surface area contributed by atoms with Crippen LogP contribution in [0, 0.1) is 6.92 Å². The van der Waals surface area contributed by atoms with Crippen molar-refractivity contribution in [3.05, 3.63) is 34.5 Å². The van der Waals surface area contributed by atoms with Crippen molar-refractivity contribution in [1.82, 2.24) is 14.8 Å². The number of hydrogen-bond acceptors (Lipinski definition) is 4. The number of aliphatic hydroxyl groups is 2. The second kappa shape index (κ2) is 7.49. The van der Waals surface area contributed by atoms with Gasteiger partial charge in [0.05, 0.1) is 12.2 Å². The zero-order valence-electron chi connectivity index (χ0n) is 15.3. The predicted octanol–water partition coefficient (Wildman–Crippen LogP) is 2.52. The van der Waals surface area contributed by atoms with E-state index in [4.69, 9.17) is 11.6 Å². The largest absolute Gasteiger partial charge is 0.393 e. The number of nitrogens with zero attached hydrogens (tertiary/aromatic N) is 2. The van der Waals surface area contributed by atoms with Gasteiger partial charge in [0, 0.05) is 60.4 Å². The lowest BCUT2D eigenvalue weighted by atomic mass is 9.96. The molecule has 0 bridgehead atoms. The number of aromatic nitrogens is 1. The quantitative estimate of drug-likeness (QED) is 0.769. The van der Waals surface area contributed by atoms with Gasteiger partial charge in [-0.05, 0) is 49.9 Å². The molecule has 2 aliphatic rings. The number of aliphatic hydroxyl groups excluding tert-OH is 2. The third kappa shape index (κ3) is 3.64. The Morgan fingerprint density at radius 1 is 1.15 bits per heavy atom. The number of halogens is 1. The lowest BCUT2D eigenvalue weighted by Gasteiger charge is -2.43. The van der Waals surface area contributed by atoms with Crippen LogP contribution in [-0.4, -0.2) is 69.4 Å². The number of rotatable bonds is 3. The van der Waals surface area contributed by atoms with Gasteiger partial charge in [0.1, 0.15) is 0 Å². The number of hydrogen-bond donors (Lipinski definition) is 3. The highest BCUT2D eigenvalue weighted by Crippen LogP contribution is 2.27. The summed E-state index contributed by atoms with van der Waals surface area (Å²) in [4.78, 5) is 8.21. The van der Waals surface area contributed by atoms with Gasteiger partial charge in [-0.2, -0.15) is 0 Å². The van der Waals surface area contributed by atoms with E-state index in [0.717, 1.165) is 56.0 Å². The molecule has 0 radical (unpaired) electrons. The van der Waals surface area contributed by atoms with Crippen molar-refractivity contribution < 1.29 is 10.2 Å². The van der Waals surface area contributed by atoms with Crippen molar-refractivity contribution in [1.29, 1.82) is 0 Å². The Morgan fingerprint density at radius 3 is 2.65 bits per heavy atom. The molecule has 0 unspecified atom stereocenters. The minimum absolute atomic E-state index is 0.165.